The van der Waals surface area contributed by atoms with Crippen LogP contribution in [0.25, 0.3) is 0 Å². The summed E-state index contributed by atoms with van der Waals surface area (Å²) in [5, 5.41) is 16.6. The van der Waals surface area contributed by atoms with Crippen molar-refractivity contribution >= 4 is 11.6 Å². The Morgan fingerprint density at radius 1 is 1.25 bits per heavy atom. The average Bonchev–Trinajstić information content (AvgIpc) is 2.37. The maximum absolute atomic E-state index is 11.5. The van der Waals surface area contributed by atoms with Crippen LogP contribution in [0.2, 0.25) is 0 Å². The van der Waals surface area contributed by atoms with Crippen LogP contribution in [0.4, 0.5) is 5.69 Å². The van der Waals surface area contributed by atoms with Crippen molar-refractivity contribution in [3.05, 3.63) is 39.9 Å². The highest BCUT2D eigenvalue weighted by Crippen LogP contribution is 2.17. The Labute approximate surface area is 118 Å². The summed E-state index contributed by atoms with van der Waals surface area (Å²) in [7, 11) is 0. The predicted octanol–water partition coefficient (Wildman–Crippen LogP) is 2.16. The molecule has 0 heterocycles. The monoisotopic (exact) mass is 279 g/mol. The quantitative estimate of drug-likeness (QED) is 0.591. The minimum absolute atomic E-state index is 0.0170. The van der Waals surface area contributed by atoms with E-state index >= 15 is 0 Å². The van der Waals surface area contributed by atoms with Gasteiger partial charge in [-0.1, -0.05) is 12.1 Å². The Morgan fingerprint density at radius 3 is 2.35 bits per heavy atom. The second kappa shape index (κ2) is 7.59. The van der Waals surface area contributed by atoms with E-state index in [1.807, 2.05) is 20.8 Å². The smallest absolute Gasteiger partial charge is 0.269 e. The number of amides is 1. The fourth-order valence-corrected chi connectivity index (χ4v) is 1.80. The second-order valence-corrected chi connectivity index (χ2v) is 5.00. The van der Waals surface area contributed by atoms with E-state index in [0.717, 1.165) is 5.56 Å². The van der Waals surface area contributed by atoms with Gasteiger partial charge in [0.15, 0.2) is 0 Å². The summed E-state index contributed by atoms with van der Waals surface area (Å²) in [5.74, 6) is 0.0170. The molecule has 0 aliphatic rings. The van der Waals surface area contributed by atoms with Gasteiger partial charge >= 0.3 is 0 Å². The number of carbonyl (C=O) groups excluding carboxylic acids is 1. The summed E-state index contributed by atoms with van der Waals surface area (Å²) in [4.78, 5) is 21.6. The number of rotatable bonds is 7. The summed E-state index contributed by atoms with van der Waals surface area (Å²) in [6, 6.07) is 6.61. The van der Waals surface area contributed by atoms with E-state index in [1.54, 1.807) is 12.1 Å². The van der Waals surface area contributed by atoms with E-state index in [9.17, 15) is 14.9 Å². The van der Waals surface area contributed by atoms with Gasteiger partial charge in [-0.3, -0.25) is 14.9 Å². The Hall–Kier alpha value is -1.95. The number of nitro benzene ring substituents is 1. The molecule has 20 heavy (non-hydrogen) atoms. The van der Waals surface area contributed by atoms with Gasteiger partial charge in [0, 0.05) is 37.2 Å². The molecule has 1 aromatic rings. The molecule has 1 aromatic carbocycles. The van der Waals surface area contributed by atoms with Crippen molar-refractivity contribution < 1.29 is 9.72 Å². The van der Waals surface area contributed by atoms with Gasteiger partial charge < -0.3 is 10.6 Å². The zero-order valence-corrected chi connectivity index (χ0v) is 12.1. The molecular weight excluding hydrogens is 258 g/mol. The van der Waals surface area contributed by atoms with E-state index in [-0.39, 0.29) is 23.7 Å². The molecule has 0 aliphatic heterocycles. The Balaban J connectivity index is 2.41. The highest BCUT2D eigenvalue weighted by Gasteiger charge is 2.09. The van der Waals surface area contributed by atoms with Gasteiger partial charge in [0.05, 0.1) is 4.92 Å². The third-order valence-corrected chi connectivity index (χ3v) is 2.86. The average molecular weight is 279 g/mol. The molecule has 0 aromatic heterocycles. The van der Waals surface area contributed by atoms with Crippen molar-refractivity contribution in [2.24, 2.45) is 0 Å². The highest BCUT2D eigenvalue weighted by atomic mass is 16.6. The molecule has 1 atom stereocenters. The van der Waals surface area contributed by atoms with Crippen molar-refractivity contribution in [3.8, 4) is 0 Å². The number of nitrogens with zero attached hydrogens (tertiary/aromatic N) is 1. The fraction of sp³-hybridized carbons (Fsp3) is 0.500. The number of nitrogens with one attached hydrogen (secondary N) is 2. The molecular formula is C14H21N3O3. The molecule has 6 heteroatoms. The third kappa shape index (κ3) is 5.36. The van der Waals surface area contributed by atoms with Crippen LogP contribution in [-0.2, 0) is 4.79 Å². The van der Waals surface area contributed by atoms with Gasteiger partial charge in [-0.15, -0.1) is 0 Å². The Kier molecular flexibility index (Phi) is 6.11. The van der Waals surface area contributed by atoms with Gasteiger partial charge in [-0.05, 0) is 26.3 Å². The van der Waals surface area contributed by atoms with Gasteiger partial charge in [0.2, 0.25) is 5.91 Å². The zero-order chi connectivity index (χ0) is 15.1. The third-order valence-electron chi connectivity index (χ3n) is 2.86. The van der Waals surface area contributed by atoms with Crippen LogP contribution in [0.5, 0.6) is 0 Å². The van der Waals surface area contributed by atoms with Crippen LogP contribution in [0.15, 0.2) is 24.3 Å². The normalized spacial score (nSPS) is 12.2. The van der Waals surface area contributed by atoms with Gasteiger partial charge in [0.25, 0.3) is 5.69 Å². The summed E-state index contributed by atoms with van der Waals surface area (Å²) < 4.78 is 0. The molecule has 1 rings (SSSR count). The molecule has 0 aliphatic carbocycles. The van der Waals surface area contributed by atoms with E-state index in [1.165, 1.54) is 12.1 Å². The molecule has 6 nitrogen and oxygen atoms in total. The first-order valence-corrected chi connectivity index (χ1v) is 6.67. The standard InChI is InChI=1S/C14H21N3O3/c1-10(2)16-14(18)8-9-15-11(3)12-4-6-13(7-5-12)17(19)20/h4-7,10-11,15H,8-9H2,1-3H3,(H,16,18). The lowest BCUT2D eigenvalue weighted by atomic mass is 10.1. The maximum atomic E-state index is 11.5. The molecule has 0 bridgehead atoms. The van der Waals surface area contributed by atoms with Gasteiger partial charge in [-0.2, -0.15) is 0 Å². The first-order chi connectivity index (χ1) is 9.40. The summed E-state index contributed by atoms with van der Waals surface area (Å²) >= 11 is 0. The molecule has 1 unspecified atom stereocenters. The number of benzene rings is 1. The van der Waals surface area contributed by atoms with Gasteiger partial charge in [-0.25, -0.2) is 0 Å². The molecule has 0 saturated heterocycles. The van der Waals surface area contributed by atoms with E-state index in [0.29, 0.717) is 13.0 Å². The van der Waals surface area contributed by atoms with Crippen LogP contribution in [0.1, 0.15) is 38.8 Å². The van der Waals surface area contributed by atoms with Crippen LogP contribution in [0, 0.1) is 10.1 Å². The molecule has 0 fully saturated rings. The molecule has 0 spiro atoms. The number of non-ortho nitro benzene ring substituents is 1. The zero-order valence-electron chi connectivity index (χ0n) is 12.1. The highest BCUT2D eigenvalue weighted by molar-refractivity contribution is 5.76. The predicted molar refractivity (Wildman–Crippen MR) is 77.4 cm³/mol. The summed E-state index contributed by atoms with van der Waals surface area (Å²) in [6.07, 6.45) is 0.412. The van der Waals surface area contributed by atoms with Crippen molar-refractivity contribution in [3.63, 3.8) is 0 Å². The maximum Gasteiger partial charge on any atom is 0.269 e. The fourth-order valence-electron chi connectivity index (χ4n) is 1.80. The lowest BCUT2D eigenvalue weighted by molar-refractivity contribution is -0.384. The number of nitro groups is 1. The lowest BCUT2D eigenvalue weighted by Gasteiger charge is -2.14. The van der Waals surface area contributed by atoms with Crippen LogP contribution in [0.3, 0.4) is 0 Å². The van der Waals surface area contributed by atoms with E-state index in [2.05, 4.69) is 10.6 Å². The SMILES string of the molecule is CC(C)NC(=O)CCNC(C)c1ccc([N+](=O)[O-])cc1. The first-order valence-electron chi connectivity index (χ1n) is 6.67. The second-order valence-electron chi connectivity index (χ2n) is 5.00. The Morgan fingerprint density at radius 2 is 1.85 bits per heavy atom. The molecule has 0 saturated carbocycles. The van der Waals surface area contributed by atoms with Crippen molar-refractivity contribution in [1.29, 1.82) is 0 Å². The molecule has 110 valence electrons. The number of hydrogen-bond donors (Lipinski definition) is 2. The first kappa shape index (κ1) is 16.1. The topological polar surface area (TPSA) is 84.3 Å². The van der Waals surface area contributed by atoms with Crippen molar-refractivity contribution in [2.45, 2.75) is 39.3 Å². The van der Waals surface area contributed by atoms with Crippen molar-refractivity contribution in [2.75, 3.05) is 6.54 Å². The lowest BCUT2D eigenvalue weighted by Crippen LogP contribution is -2.33. The van der Waals surface area contributed by atoms with Crippen molar-refractivity contribution in [1.82, 2.24) is 10.6 Å². The van der Waals surface area contributed by atoms with E-state index in [4.69, 9.17) is 0 Å². The van der Waals surface area contributed by atoms with Crippen LogP contribution < -0.4 is 10.6 Å². The summed E-state index contributed by atoms with van der Waals surface area (Å²) in [6.45, 7) is 6.37. The minimum Gasteiger partial charge on any atom is -0.354 e. The van der Waals surface area contributed by atoms with Crippen LogP contribution >= 0.6 is 0 Å². The molecule has 1 amide bonds. The largest absolute Gasteiger partial charge is 0.354 e. The molecule has 0 radical (unpaired) electrons. The van der Waals surface area contributed by atoms with Gasteiger partial charge in [0.1, 0.15) is 0 Å². The number of carbonyl (C=O) groups is 1. The van der Waals surface area contributed by atoms with E-state index < -0.39 is 4.92 Å². The minimum atomic E-state index is -0.419. The number of hydrogen-bond acceptors (Lipinski definition) is 4. The van der Waals surface area contributed by atoms with Crippen LogP contribution in [-0.4, -0.2) is 23.4 Å². The summed E-state index contributed by atoms with van der Waals surface area (Å²) in [5.41, 5.74) is 1.04. The Bertz CT molecular complexity index is 457. The molecule has 2 N–H and O–H groups in total.